The van der Waals surface area contributed by atoms with Crippen LogP contribution >= 0.6 is 11.6 Å². The maximum atomic E-state index is 13.2. The Morgan fingerprint density at radius 3 is 2.33 bits per heavy atom. The molecule has 0 bridgehead atoms. The van der Waals surface area contributed by atoms with Crippen molar-refractivity contribution in [3.8, 4) is 5.75 Å². The molecule has 0 saturated carbocycles. The zero-order chi connectivity index (χ0) is 27.1. The summed E-state index contributed by atoms with van der Waals surface area (Å²) < 4.78 is 5.23. The molecule has 0 aliphatic carbocycles. The summed E-state index contributed by atoms with van der Waals surface area (Å²) in [4.78, 5) is 43.3. The van der Waals surface area contributed by atoms with E-state index in [4.69, 9.17) is 26.9 Å². The molecule has 1 amide bonds. The molecule has 1 aromatic heterocycles. The number of likely N-dealkylation sites (tertiary alicyclic amines) is 1. The van der Waals surface area contributed by atoms with Gasteiger partial charge in [0.2, 0.25) is 0 Å². The number of nitrogens with one attached hydrogen (secondary N) is 2. The first-order valence-electron chi connectivity index (χ1n) is 12.2. The lowest BCUT2D eigenvalue weighted by Gasteiger charge is -2.29. The lowest BCUT2D eigenvalue weighted by Crippen LogP contribution is -2.35. The Morgan fingerprint density at radius 1 is 1.00 bits per heavy atom. The van der Waals surface area contributed by atoms with Crippen LogP contribution in [0.5, 0.6) is 5.75 Å². The number of ketones is 1. The molecule has 2 aromatic carbocycles. The largest absolute Gasteiger partial charge is 0.482 e. The van der Waals surface area contributed by atoms with Crippen molar-refractivity contribution in [3.63, 3.8) is 0 Å². The van der Waals surface area contributed by atoms with Crippen molar-refractivity contribution in [1.82, 2.24) is 9.88 Å². The summed E-state index contributed by atoms with van der Waals surface area (Å²) in [6, 6.07) is 14.4. The number of amidine groups is 1. The maximum Gasteiger partial charge on any atom is 0.341 e. The minimum Gasteiger partial charge on any atom is -0.482 e. The molecule has 4 rings (SSSR count). The number of carbonyl (C=O) groups excluding carboxylic acids is 2. The zero-order valence-electron chi connectivity index (χ0n) is 20.6. The summed E-state index contributed by atoms with van der Waals surface area (Å²) >= 11 is 5.88. The third-order valence-corrected chi connectivity index (χ3v) is 6.35. The third-order valence-electron chi connectivity index (χ3n) is 6.13. The summed E-state index contributed by atoms with van der Waals surface area (Å²) in [5.74, 6) is -1.31. The van der Waals surface area contributed by atoms with E-state index < -0.39 is 18.5 Å². The number of pyridine rings is 1. The second-order valence-corrected chi connectivity index (χ2v) is 9.32. The van der Waals surface area contributed by atoms with Gasteiger partial charge in [-0.2, -0.15) is 0 Å². The van der Waals surface area contributed by atoms with Gasteiger partial charge in [-0.3, -0.25) is 20.0 Å². The normalized spacial score (nSPS) is 12.7. The summed E-state index contributed by atoms with van der Waals surface area (Å²) in [5, 5.41) is 20.6. The van der Waals surface area contributed by atoms with Gasteiger partial charge >= 0.3 is 5.97 Å². The highest BCUT2D eigenvalue weighted by Gasteiger charge is 2.19. The van der Waals surface area contributed by atoms with Gasteiger partial charge in [0.05, 0.1) is 17.1 Å². The van der Waals surface area contributed by atoms with E-state index >= 15 is 0 Å². The van der Waals surface area contributed by atoms with E-state index in [1.165, 1.54) is 30.8 Å². The van der Waals surface area contributed by atoms with Crippen molar-refractivity contribution >= 4 is 40.8 Å². The van der Waals surface area contributed by atoms with Gasteiger partial charge in [-0.05, 0) is 61.7 Å². The second-order valence-electron chi connectivity index (χ2n) is 8.89. The number of halogens is 1. The first kappa shape index (κ1) is 29.3. The van der Waals surface area contributed by atoms with Gasteiger partial charge in [0.25, 0.3) is 5.91 Å². The van der Waals surface area contributed by atoms with Gasteiger partial charge in [0.15, 0.2) is 12.4 Å². The van der Waals surface area contributed by atoms with Crippen molar-refractivity contribution in [2.24, 2.45) is 0 Å². The van der Waals surface area contributed by atoms with Crippen molar-refractivity contribution < 1.29 is 24.2 Å². The van der Waals surface area contributed by atoms with Crippen LogP contribution in [0.25, 0.3) is 0 Å². The number of nitrogens with zero attached hydrogens (tertiary/aromatic N) is 2. The number of ether oxygens (including phenoxy) is 1. The number of aliphatic carboxylic acids is 1. The molecule has 0 unspecified atom stereocenters. The third kappa shape index (κ3) is 7.87. The summed E-state index contributed by atoms with van der Waals surface area (Å²) in [7, 11) is 0. The van der Waals surface area contributed by atoms with Gasteiger partial charge in [-0.1, -0.05) is 31.2 Å². The second kappa shape index (κ2) is 13.5. The minimum atomic E-state index is -1.16. The maximum absolute atomic E-state index is 13.2. The number of benzene rings is 2. The van der Waals surface area contributed by atoms with Crippen LogP contribution in [-0.4, -0.2) is 58.2 Å². The van der Waals surface area contributed by atoms with E-state index in [-0.39, 0.29) is 36.6 Å². The molecule has 0 radical (unpaired) electrons. The molecule has 39 heavy (non-hydrogen) atoms. The fraction of sp³-hybridized carbons (Fsp3) is 0.276. The minimum absolute atomic E-state index is 0. The molecule has 10 heteroatoms. The lowest BCUT2D eigenvalue weighted by atomic mass is 10.0. The SMILES string of the molecule is C.N=C(c1ccc(C(=O)Nc2ccc(OCC(=O)O)cc2C(=O)Cc2ccc(Cl)cn2)cc1)N1CCCCC1. The number of amides is 1. The predicted molar refractivity (Wildman–Crippen MR) is 150 cm³/mol. The summed E-state index contributed by atoms with van der Waals surface area (Å²) in [5.41, 5.74) is 1.99. The van der Waals surface area contributed by atoms with E-state index in [1.807, 2.05) is 4.90 Å². The number of carbonyl (C=O) groups is 3. The van der Waals surface area contributed by atoms with Crippen LogP contribution in [0.4, 0.5) is 5.69 Å². The van der Waals surface area contributed by atoms with E-state index in [2.05, 4.69) is 10.3 Å². The van der Waals surface area contributed by atoms with Crippen LogP contribution in [0.15, 0.2) is 60.8 Å². The zero-order valence-corrected chi connectivity index (χ0v) is 21.3. The number of piperidine rings is 1. The molecule has 3 N–H and O–H groups in total. The summed E-state index contributed by atoms with van der Waals surface area (Å²) in [6.07, 6.45) is 4.69. The van der Waals surface area contributed by atoms with Gasteiger partial charge in [-0.15, -0.1) is 0 Å². The quantitative estimate of drug-likeness (QED) is 0.186. The average molecular weight is 551 g/mol. The molecule has 1 aliphatic heterocycles. The topological polar surface area (TPSA) is 133 Å². The van der Waals surface area contributed by atoms with Crippen molar-refractivity contribution in [1.29, 1.82) is 5.41 Å². The van der Waals surface area contributed by atoms with E-state index in [9.17, 15) is 14.4 Å². The molecule has 204 valence electrons. The number of hydrogen-bond donors (Lipinski definition) is 3. The molecular formula is C29H31ClN4O5. The van der Waals surface area contributed by atoms with Gasteiger partial charge in [-0.25, -0.2) is 4.79 Å². The highest BCUT2D eigenvalue weighted by atomic mass is 35.5. The standard InChI is InChI=1S/C28H27ClN4O5.CH4/c29-20-8-9-21(31-16-20)14-25(34)23-15-22(38-17-26(35)36)10-11-24(23)32-28(37)19-6-4-18(5-7-19)27(30)33-12-2-1-3-13-33;/h4-11,15-16,30H,1-3,12-14,17H2,(H,32,37)(H,35,36);1H4. The summed E-state index contributed by atoms with van der Waals surface area (Å²) in [6.45, 7) is 1.14. The molecule has 0 spiro atoms. The Morgan fingerprint density at radius 2 is 1.69 bits per heavy atom. The molecule has 1 aliphatic rings. The number of hydrogen-bond acceptors (Lipinski definition) is 6. The van der Waals surface area contributed by atoms with Crippen LogP contribution in [0, 0.1) is 5.41 Å². The lowest BCUT2D eigenvalue weighted by molar-refractivity contribution is -0.139. The fourth-order valence-corrected chi connectivity index (χ4v) is 4.25. The van der Waals surface area contributed by atoms with E-state index in [1.54, 1.807) is 36.4 Å². The van der Waals surface area contributed by atoms with Gasteiger partial charge in [0, 0.05) is 41.7 Å². The fourth-order valence-electron chi connectivity index (χ4n) is 4.14. The highest BCUT2D eigenvalue weighted by molar-refractivity contribution is 6.30. The Labute approximate surface area is 232 Å². The number of rotatable bonds is 9. The van der Waals surface area contributed by atoms with Crippen LogP contribution in [0.1, 0.15) is 58.7 Å². The Kier molecular flexibility index (Phi) is 10.2. The van der Waals surface area contributed by atoms with Crippen molar-refractivity contribution in [2.75, 3.05) is 25.0 Å². The Hall–Kier alpha value is -4.24. The average Bonchev–Trinajstić information content (AvgIpc) is 2.93. The van der Waals surface area contributed by atoms with Gasteiger partial charge in [0.1, 0.15) is 11.6 Å². The van der Waals surface area contributed by atoms with Crippen LogP contribution in [0.2, 0.25) is 5.02 Å². The molecule has 1 saturated heterocycles. The van der Waals surface area contributed by atoms with Crippen LogP contribution in [0.3, 0.4) is 0 Å². The molecule has 9 nitrogen and oxygen atoms in total. The monoisotopic (exact) mass is 550 g/mol. The first-order chi connectivity index (χ1) is 18.3. The van der Waals surface area contributed by atoms with Gasteiger partial charge < -0.3 is 20.1 Å². The van der Waals surface area contributed by atoms with E-state index in [0.29, 0.717) is 22.1 Å². The molecular weight excluding hydrogens is 520 g/mol. The molecule has 0 atom stereocenters. The van der Waals surface area contributed by atoms with Crippen LogP contribution < -0.4 is 10.1 Å². The first-order valence-corrected chi connectivity index (χ1v) is 12.6. The number of aromatic nitrogens is 1. The van der Waals surface area contributed by atoms with Crippen molar-refractivity contribution in [2.45, 2.75) is 33.1 Å². The Bertz CT molecular complexity index is 1340. The molecule has 1 fully saturated rings. The number of Topliss-reactive ketones (excluding diaryl/α,β-unsaturated/α-hetero) is 1. The van der Waals surface area contributed by atoms with E-state index in [0.717, 1.165) is 31.5 Å². The molecule has 3 aromatic rings. The van der Waals surface area contributed by atoms with Crippen molar-refractivity contribution in [3.05, 3.63) is 88.2 Å². The Balaban J connectivity index is 0.00000420. The van der Waals surface area contributed by atoms with Crippen LogP contribution in [-0.2, 0) is 11.2 Å². The number of anilines is 1. The highest BCUT2D eigenvalue weighted by Crippen LogP contribution is 2.25. The smallest absolute Gasteiger partial charge is 0.341 e. The number of carboxylic acid groups (broad SMARTS) is 1. The molecule has 2 heterocycles. The number of carboxylic acids is 1. The predicted octanol–water partition coefficient (Wildman–Crippen LogP) is 5.32.